The van der Waals surface area contributed by atoms with Gasteiger partial charge in [0.05, 0.1) is 5.92 Å². The Morgan fingerprint density at radius 1 is 1.47 bits per heavy atom. The van der Waals surface area contributed by atoms with Gasteiger partial charge >= 0.3 is 0 Å². The van der Waals surface area contributed by atoms with Gasteiger partial charge in [-0.1, -0.05) is 24.3 Å². The van der Waals surface area contributed by atoms with Crippen LogP contribution in [-0.4, -0.2) is 30.7 Å². The summed E-state index contributed by atoms with van der Waals surface area (Å²) in [7, 11) is 0. The van der Waals surface area contributed by atoms with Crippen LogP contribution in [0.1, 0.15) is 23.5 Å². The van der Waals surface area contributed by atoms with Crippen molar-refractivity contribution in [2.75, 3.05) is 19.7 Å². The maximum atomic E-state index is 12.0. The number of rotatable bonds is 4. The Hall–Kier alpha value is -1.39. The van der Waals surface area contributed by atoms with E-state index >= 15 is 0 Å². The van der Waals surface area contributed by atoms with Crippen LogP contribution in [0.5, 0.6) is 0 Å². The average Bonchev–Trinajstić information content (AvgIpc) is 2.38. The second kappa shape index (κ2) is 5.80. The number of hydrogen-bond donors (Lipinski definition) is 3. The van der Waals surface area contributed by atoms with Gasteiger partial charge in [0.15, 0.2) is 0 Å². The fourth-order valence-electron chi connectivity index (χ4n) is 2.14. The molecule has 1 unspecified atom stereocenters. The highest BCUT2D eigenvalue weighted by molar-refractivity contribution is 5.84. The van der Waals surface area contributed by atoms with Crippen molar-refractivity contribution in [3.05, 3.63) is 35.4 Å². The molecule has 0 spiro atoms. The summed E-state index contributed by atoms with van der Waals surface area (Å²) >= 11 is 0. The van der Waals surface area contributed by atoms with Crippen molar-refractivity contribution in [1.82, 2.24) is 10.6 Å². The quantitative estimate of drug-likeness (QED) is 0.660. The van der Waals surface area contributed by atoms with Crippen LogP contribution < -0.4 is 10.6 Å². The van der Waals surface area contributed by atoms with Crippen molar-refractivity contribution in [1.29, 1.82) is 0 Å². The van der Waals surface area contributed by atoms with Crippen LogP contribution in [0.2, 0.25) is 0 Å². The summed E-state index contributed by atoms with van der Waals surface area (Å²) in [5.41, 5.74) is 2.31. The Balaban J connectivity index is 2.05. The summed E-state index contributed by atoms with van der Waals surface area (Å²) in [5.74, 6) is -0.0725. The second-order valence-corrected chi connectivity index (χ2v) is 4.25. The summed E-state index contributed by atoms with van der Waals surface area (Å²) < 4.78 is 0. The molecule has 1 aliphatic heterocycles. The van der Waals surface area contributed by atoms with E-state index in [9.17, 15) is 4.79 Å². The van der Waals surface area contributed by atoms with Gasteiger partial charge in [0, 0.05) is 26.2 Å². The van der Waals surface area contributed by atoms with E-state index in [1.165, 1.54) is 5.56 Å². The third-order valence-corrected chi connectivity index (χ3v) is 3.05. The molecular weight excluding hydrogens is 216 g/mol. The highest BCUT2D eigenvalue weighted by Crippen LogP contribution is 2.23. The number of hydrogen-bond acceptors (Lipinski definition) is 3. The largest absolute Gasteiger partial charge is 0.396 e. The van der Waals surface area contributed by atoms with Crippen LogP contribution in [0.15, 0.2) is 24.3 Å². The van der Waals surface area contributed by atoms with Gasteiger partial charge in [0.25, 0.3) is 0 Å². The number of amides is 1. The lowest BCUT2D eigenvalue weighted by Crippen LogP contribution is -2.39. The van der Waals surface area contributed by atoms with Crippen LogP contribution in [0.25, 0.3) is 0 Å². The molecule has 1 aromatic rings. The Bertz CT molecular complexity index is 393. The lowest BCUT2D eigenvalue weighted by Gasteiger charge is -2.25. The number of carbonyl (C=O) groups is 1. The zero-order chi connectivity index (χ0) is 12.1. The summed E-state index contributed by atoms with van der Waals surface area (Å²) in [6.45, 7) is 2.16. The summed E-state index contributed by atoms with van der Waals surface area (Å²) in [4.78, 5) is 12.0. The number of carbonyl (C=O) groups excluding carboxylic acids is 1. The van der Waals surface area contributed by atoms with Gasteiger partial charge in [-0.05, 0) is 17.5 Å². The monoisotopic (exact) mass is 234 g/mol. The van der Waals surface area contributed by atoms with Crippen molar-refractivity contribution in [3.63, 3.8) is 0 Å². The lowest BCUT2D eigenvalue weighted by molar-refractivity contribution is -0.122. The van der Waals surface area contributed by atoms with E-state index in [-0.39, 0.29) is 18.4 Å². The maximum absolute atomic E-state index is 12.0. The van der Waals surface area contributed by atoms with Crippen LogP contribution in [0.4, 0.5) is 0 Å². The molecule has 3 N–H and O–H groups in total. The molecule has 0 bridgehead atoms. The molecule has 92 valence electrons. The van der Waals surface area contributed by atoms with Gasteiger partial charge in [-0.25, -0.2) is 0 Å². The van der Waals surface area contributed by atoms with Crippen molar-refractivity contribution in [2.24, 2.45) is 0 Å². The topological polar surface area (TPSA) is 61.4 Å². The predicted octanol–water partition coefficient (Wildman–Crippen LogP) is 0.372. The molecule has 1 atom stereocenters. The van der Waals surface area contributed by atoms with Gasteiger partial charge in [0.1, 0.15) is 0 Å². The Morgan fingerprint density at radius 3 is 3.12 bits per heavy atom. The molecular formula is C13H18N2O2. The first-order chi connectivity index (χ1) is 8.33. The Labute approximate surface area is 101 Å². The molecule has 0 aliphatic carbocycles. The van der Waals surface area contributed by atoms with E-state index < -0.39 is 0 Å². The molecule has 1 amide bonds. The third kappa shape index (κ3) is 2.84. The van der Waals surface area contributed by atoms with E-state index in [4.69, 9.17) is 5.11 Å². The molecule has 4 nitrogen and oxygen atoms in total. The fraction of sp³-hybridized carbons (Fsp3) is 0.462. The van der Waals surface area contributed by atoms with Gasteiger partial charge < -0.3 is 15.7 Å². The molecule has 0 aromatic heterocycles. The minimum Gasteiger partial charge on any atom is -0.396 e. The minimum atomic E-state index is -0.112. The zero-order valence-electron chi connectivity index (χ0n) is 9.78. The normalized spacial score (nSPS) is 18.5. The maximum Gasteiger partial charge on any atom is 0.228 e. The zero-order valence-corrected chi connectivity index (χ0v) is 9.78. The smallest absolute Gasteiger partial charge is 0.228 e. The lowest BCUT2D eigenvalue weighted by atomic mass is 9.90. The van der Waals surface area contributed by atoms with Crippen LogP contribution in [0, 0.1) is 0 Å². The molecule has 1 aliphatic rings. The first-order valence-corrected chi connectivity index (χ1v) is 6.00. The Kier molecular flexibility index (Phi) is 4.12. The van der Waals surface area contributed by atoms with Gasteiger partial charge in [-0.2, -0.15) is 0 Å². The van der Waals surface area contributed by atoms with Crippen LogP contribution in [-0.2, 0) is 11.3 Å². The minimum absolute atomic E-state index is 0.0399. The van der Waals surface area contributed by atoms with E-state index in [1.807, 2.05) is 18.2 Å². The molecule has 2 rings (SSSR count). The molecule has 0 saturated heterocycles. The molecule has 1 aromatic carbocycles. The van der Waals surface area contributed by atoms with Gasteiger partial charge in [0.2, 0.25) is 5.91 Å². The number of benzene rings is 1. The van der Waals surface area contributed by atoms with Crippen molar-refractivity contribution >= 4 is 5.91 Å². The number of nitrogens with one attached hydrogen (secondary N) is 2. The highest BCUT2D eigenvalue weighted by atomic mass is 16.3. The van der Waals surface area contributed by atoms with Crippen LogP contribution in [0.3, 0.4) is 0 Å². The van der Waals surface area contributed by atoms with Crippen molar-refractivity contribution < 1.29 is 9.90 Å². The summed E-state index contributed by atoms with van der Waals surface area (Å²) in [6.07, 6.45) is 0.605. The molecule has 0 fully saturated rings. The molecule has 4 heteroatoms. The fourth-order valence-corrected chi connectivity index (χ4v) is 2.14. The molecule has 0 saturated carbocycles. The van der Waals surface area contributed by atoms with Crippen LogP contribution >= 0.6 is 0 Å². The van der Waals surface area contributed by atoms with E-state index in [0.717, 1.165) is 12.1 Å². The van der Waals surface area contributed by atoms with E-state index in [1.54, 1.807) is 0 Å². The first kappa shape index (κ1) is 12.1. The van der Waals surface area contributed by atoms with E-state index in [2.05, 4.69) is 16.7 Å². The number of aliphatic hydroxyl groups excluding tert-OH is 1. The van der Waals surface area contributed by atoms with E-state index in [0.29, 0.717) is 19.5 Å². The second-order valence-electron chi connectivity index (χ2n) is 4.25. The van der Waals surface area contributed by atoms with Gasteiger partial charge in [-0.3, -0.25) is 4.79 Å². The molecule has 17 heavy (non-hydrogen) atoms. The average molecular weight is 234 g/mol. The highest BCUT2D eigenvalue weighted by Gasteiger charge is 2.25. The first-order valence-electron chi connectivity index (χ1n) is 6.00. The molecule has 0 radical (unpaired) electrons. The van der Waals surface area contributed by atoms with Crippen molar-refractivity contribution in [2.45, 2.75) is 18.9 Å². The summed E-state index contributed by atoms with van der Waals surface area (Å²) in [6, 6.07) is 8.03. The number of fused-ring (bicyclic) bond motifs is 1. The predicted molar refractivity (Wildman–Crippen MR) is 65.6 cm³/mol. The number of aliphatic hydroxyl groups is 1. The Morgan fingerprint density at radius 2 is 2.29 bits per heavy atom. The third-order valence-electron chi connectivity index (χ3n) is 3.05. The standard InChI is InChI=1S/C13H18N2O2/c16-7-3-6-15-13(17)12-9-14-8-10-4-1-2-5-11(10)12/h1-2,4-5,12,14,16H,3,6-9H2,(H,15,17). The molecule has 1 heterocycles. The summed E-state index contributed by atoms with van der Waals surface area (Å²) in [5, 5.41) is 14.8. The SMILES string of the molecule is O=C(NCCCO)C1CNCc2ccccc21. The van der Waals surface area contributed by atoms with Gasteiger partial charge in [-0.15, -0.1) is 0 Å². The van der Waals surface area contributed by atoms with Crippen molar-refractivity contribution in [3.8, 4) is 0 Å².